The molecule has 0 aliphatic heterocycles. The smallest absolute Gasteiger partial charge is 0.387 e. The van der Waals surface area contributed by atoms with E-state index in [1.807, 2.05) is 0 Å². The Morgan fingerprint density at radius 3 is 2.29 bits per heavy atom. The second-order valence-corrected chi connectivity index (χ2v) is 12.8. The second-order valence-electron chi connectivity index (χ2n) is 10.3. The molecule has 0 radical (unpaired) electrons. The first-order valence-corrected chi connectivity index (χ1v) is 13.6. The Morgan fingerprint density at radius 2 is 1.74 bits per heavy atom. The standard InChI is InChI=1S/C26H29F4N3O4S/c1-26(2,3)38(35,36)32-14-9-10-16(18(27)11-14)23-22(24(31)34)17-12-19(28)21(37-25(29)30)13-20(17)33(23)15-7-5-4-6-8-15/h9-13,15,25,32H,4-8H2,1-3H3,(H2,31,34). The van der Waals surface area contributed by atoms with Gasteiger partial charge in [-0.15, -0.1) is 0 Å². The lowest BCUT2D eigenvalue weighted by atomic mass is 9.94. The van der Waals surface area contributed by atoms with Crippen LogP contribution in [-0.2, 0) is 10.0 Å². The highest BCUT2D eigenvalue weighted by molar-refractivity contribution is 7.94. The summed E-state index contributed by atoms with van der Waals surface area (Å²) < 4.78 is 88.6. The quantitative estimate of drug-likeness (QED) is 0.333. The van der Waals surface area contributed by atoms with Crippen molar-refractivity contribution >= 4 is 32.5 Å². The summed E-state index contributed by atoms with van der Waals surface area (Å²) in [7, 11) is -3.84. The number of amides is 1. The first kappa shape index (κ1) is 27.7. The first-order chi connectivity index (χ1) is 17.7. The number of sulfonamides is 1. The van der Waals surface area contributed by atoms with Crippen LogP contribution in [0.5, 0.6) is 5.75 Å². The normalized spacial score (nSPS) is 15.3. The van der Waals surface area contributed by atoms with Crippen molar-refractivity contribution in [2.24, 2.45) is 5.73 Å². The third-order valence-corrected chi connectivity index (χ3v) is 8.86. The van der Waals surface area contributed by atoms with Gasteiger partial charge in [0.05, 0.1) is 27.2 Å². The van der Waals surface area contributed by atoms with Gasteiger partial charge in [-0.2, -0.15) is 8.78 Å². The van der Waals surface area contributed by atoms with Crippen LogP contribution >= 0.6 is 0 Å². The van der Waals surface area contributed by atoms with Crippen LogP contribution in [0.15, 0.2) is 30.3 Å². The molecule has 3 N–H and O–H groups in total. The molecule has 1 aromatic heterocycles. The third-order valence-electron chi connectivity index (χ3n) is 6.74. The van der Waals surface area contributed by atoms with Crippen molar-refractivity contribution < 1.29 is 35.5 Å². The zero-order chi connectivity index (χ0) is 28.0. The molecule has 1 amide bonds. The lowest BCUT2D eigenvalue weighted by Gasteiger charge is -2.27. The monoisotopic (exact) mass is 555 g/mol. The minimum absolute atomic E-state index is 0.0270. The Bertz CT molecular complexity index is 1490. The largest absolute Gasteiger partial charge is 0.432 e. The van der Waals surface area contributed by atoms with Gasteiger partial charge in [0.2, 0.25) is 10.0 Å². The molecule has 2 aromatic carbocycles. The average molecular weight is 556 g/mol. The van der Waals surface area contributed by atoms with Gasteiger partial charge in [-0.25, -0.2) is 17.2 Å². The van der Waals surface area contributed by atoms with Crippen molar-refractivity contribution in [3.8, 4) is 17.0 Å². The summed E-state index contributed by atoms with van der Waals surface area (Å²) >= 11 is 0. The van der Waals surface area contributed by atoms with Gasteiger partial charge in [-0.1, -0.05) is 19.3 Å². The van der Waals surface area contributed by atoms with Crippen LogP contribution in [0.3, 0.4) is 0 Å². The van der Waals surface area contributed by atoms with Gasteiger partial charge in [0.1, 0.15) is 5.82 Å². The number of benzene rings is 2. The first-order valence-electron chi connectivity index (χ1n) is 12.2. The van der Waals surface area contributed by atoms with E-state index in [0.717, 1.165) is 37.5 Å². The van der Waals surface area contributed by atoms with E-state index in [4.69, 9.17) is 5.73 Å². The molecule has 4 rings (SSSR count). The summed E-state index contributed by atoms with van der Waals surface area (Å²) in [6.45, 7) is 1.20. The summed E-state index contributed by atoms with van der Waals surface area (Å²) in [6.07, 6.45) is 3.96. The Morgan fingerprint density at radius 1 is 1.08 bits per heavy atom. The highest BCUT2D eigenvalue weighted by Gasteiger charge is 2.32. The molecule has 1 heterocycles. The van der Waals surface area contributed by atoms with Crippen molar-refractivity contribution in [1.82, 2.24) is 4.57 Å². The molecule has 7 nitrogen and oxygen atoms in total. The number of fused-ring (bicyclic) bond motifs is 1. The molecular weight excluding hydrogens is 526 g/mol. The van der Waals surface area contributed by atoms with Gasteiger partial charge >= 0.3 is 6.61 Å². The van der Waals surface area contributed by atoms with Crippen molar-refractivity contribution in [2.45, 2.75) is 70.3 Å². The summed E-state index contributed by atoms with van der Waals surface area (Å²) in [6, 6.07) is 5.35. The maximum atomic E-state index is 15.7. The molecule has 0 unspecified atom stereocenters. The van der Waals surface area contributed by atoms with E-state index in [1.54, 1.807) is 4.57 Å². The Kier molecular flexibility index (Phi) is 7.39. The number of primary amides is 1. The molecular formula is C26H29F4N3O4S. The van der Waals surface area contributed by atoms with Crippen molar-refractivity contribution in [3.63, 3.8) is 0 Å². The fraction of sp³-hybridized carbons (Fsp3) is 0.423. The summed E-state index contributed by atoms with van der Waals surface area (Å²) in [5.41, 5.74) is 5.70. The van der Waals surface area contributed by atoms with E-state index in [2.05, 4.69) is 9.46 Å². The molecule has 1 saturated carbocycles. The number of hydrogen-bond donors (Lipinski definition) is 2. The van der Waals surface area contributed by atoms with Crippen LogP contribution < -0.4 is 15.2 Å². The van der Waals surface area contributed by atoms with Gasteiger partial charge in [-0.05, 0) is 57.9 Å². The molecule has 12 heteroatoms. The number of nitrogens with zero attached hydrogens (tertiary/aromatic N) is 1. The lowest BCUT2D eigenvalue weighted by molar-refractivity contribution is -0.0521. The SMILES string of the molecule is CC(C)(C)S(=O)(=O)Nc1ccc(-c2c(C(N)=O)c3cc(F)c(OC(F)F)cc3n2C2CCCCC2)c(F)c1. The van der Waals surface area contributed by atoms with Gasteiger partial charge in [0, 0.05) is 23.1 Å². The van der Waals surface area contributed by atoms with Gasteiger partial charge in [0.25, 0.3) is 5.91 Å². The number of hydrogen-bond acceptors (Lipinski definition) is 4. The molecule has 0 bridgehead atoms. The van der Waals surface area contributed by atoms with E-state index in [-0.39, 0.29) is 39.5 Å². The van der Waals surface area contributed by atoms with E-state index in [0.29, 0.717) is 12.8 Å². The highest BCUT2D eigenvalue weighted by Crippen LogP contribution is 2.43. The lowest BCUT2D eigenvalue weighted by Crippen LogP contribution is -2.33. The Hall–Kier alpha value is -3.28. The number of alkyl halides is 2. The number of ether oxygens (including phenoxy) is 1. The fourth-order valence-corrected chi connectivity index (χ4v) is 5.55. The number of nitrogens with one attached hydrogen (secondary N) is 1. The van der Waals surface area contributed by atoms with Gasteiger partial charge in [-0.3, -0.25) is 9.52 Å². The zero-order valence-corrected chi connectivity index (χ0v) is 22.0. The summed E-state index contributed by atoms with van der Waals surface area (Å²) in [5.74, 6) is -3.65. The predicted octanol–water partition coefficient (Wildman–Crippen LogP) is 6.33. The third kappa shape index (κ3) is 5.18. The maximum absolute atomic E-state index is 15.7. The summed E-state index contributed by atoms with van der Waals surface area (Å²) in [5, 5.41) is 0.0362. The molecule has 0 atom stereocenters. The van der Waals surface area contributed by atoms with Crippen molar-refractivity contribution in [2.75, 3.05) is 4.72 Å². The highest BCUT2D eigenvalue weighted by atomic mass is 32.2. The van der Waals surface area contributed by atoms with Crippen LogP contribution in [-0.4, -0.2) is 30.3 Å². The average Bonchev–Trinajstić information content (AvgIpc) is 3.12. The van der Waals surface area contributed by atoms with Crippen LogP contribution in [0.4, 0.5) is 23.2 Å². The number of nitrogens with two attached hydrogens (primary N) is 1. The molecule has 0 spiro atoms. The van der Waals surface area contributed by atoms with Crippen LogP contribution in [0.1, 0.15) is 69.3 Å². The van der Waals surface area contributed by atoms with Gasteiger partial charge < -0.3 is 15.0 Å². The second kappa shape index (κ2) is 10.1. The molecule has 3 aromatic rings. The van der Waals surface area contributed by atoms with E-state index in [9.17, 15) is 26.4 Å². The van der Waals surface area contributed by atoms with E-state index in [1.165, 1.54) is 32.9 Å². The number of aromatic nitrogens is 1. The Labute approximate surface area is 218 Å². The van der Waals surface area contributed by atoms with E-state index < -0.39 is 44.7 Å². The van der Waals surface area contributed by atoms with Crippen LogP contribution in [0.25, 0.3) is 22.2 Å². The Balaban J connectivity index is 1.97. The van der Waals surface area contributed by atoms with Gasteiger partial charge in [0.15, 0.2) is 11.6 Å². The van der Waals surface area contributed by atoms with E-state index >= 15 is 4.39 Å². The zero-order valence-electron chi connectivity index (χ0n) is 21.2. The van der Waals surface area contributed by atoms with Crippen molar-refractivity contribution in [1.29, 1.82) is 0 Å². The number of anilines is 1. The molecule has 1 aliphatic carbocycles. The summed E-state index contributed by atoms with van der Waals surface area (Å²) in [4.78, 5) is 12.7. The molecule has 206 valence electrons. The molecule has 1 aliphatic rings. The van der Waals surface area contributed by atoms with Crippen molar-refractivity contribution in [3.05, 3.63) is 47.5 Å². The van der Waals surface area contributed by atoms with Crippen LogP contribution in [0, 0.1) is 11.6 Å². The minimum atomic E-state index is -3.84. The molecule has 1 fully saturated rings. The number of carbonyl (C=O) groups excluding carboxylic acids is 1. The topological polar surface area (TPSA) is 103 Å². The number of halogens is 4. The number of carbonyl (C=O) groups is 1. The predicted molar refractivity (Wildman–Crippen MR) is 137 cm³/mol. The molecule has 0 saturated heterocycles. The fourth-order valence-electron chi connectivity index (χ4n) is 4.81. The maximum Gasteiger partial charge on any atom is 0.387 e. The molecule has 38 heavy (non-hydrogen) atoms. The number of rotatable bonds is 7. The van der Waals surface area contributed by atoms with Crippen LogP contribution in [0.2, 0.25) is 0 Å². The minimum Gasteiger partial charge on any atom is -0.432 e.